The number of aliphatic hydroxyl groups excluding tert-OH is 1. The molecule has 2 N–H and O–H groups in total. The van der Waals surface area contributed by atoms with Crippen molar-refractivity contribution in [2.45, 2.75) is 19.6 Å². The third kappa shape index (κ3) is 7.39. The first-order chi connectivity index (χ1) is 8.83. The zero-order chi connectivity index (χ0) is 13.1. The quantitative estimate of drug-likeness (QED) is 0.541. The second-order valence-electron chi connectivity index (χ2n) is 3.93. The Bertz CT molecular complexity index is 280. The third-order valence-electron chi connectivity index (χ3n) is 2.37. The Kier molecular flexibility index (Phi) is 8.41. The summed E-state index contributed by atoms with van der Waals surface area (Å²) in [5.74, 6) is 0. The number of ether oxygens (including phenoxy) is 2. The minimum absolute atomic E-state index is 0.338. The normalized spacial score (nSPS) is 12.8. The standard InChI is InChI=1S/C12H23N3O3/c1-2-17-7-8-18-10-12(16)9-13-3-5-15-6-4-14-11-15/h4,6,11-13,16H,2-3,5,7-10H2,1H3. The molecule has 0 spiro atoms. The summed E-state index contributed by atoms with van der Waals surface area (Å²) in [5, 5.41) is 12.8. The van der Waals surface area contributed by atoms with Gasteiger partial charge in [-0.15, -0.1) is 0 Å². The Morgan fingerprint density at radius 2 is 2.22 bits per heavy atom. The van der Waals surface area contributed by atoms with Crippen molar-refractivity contribution in [1.29, 1.82) is 0 Å². The number of rotatable bonds is 11. The molecule has 1 unspecified atom stereocenters. The van der Waals surface area contributed by atoms with Gasteiger partial charge in [-0.1, -0.05) is 0 Å². The Balaban J connectivity index is 1.88. The van der Waals surface area contributed by atoms with Gasteiger partial charge in [0.15, 0.2) is 0 Å². The highest BCUT2D eigenvalue weighted by molar-refractivity contribution is 4.74. The van der Waals surface area contributed by atoms with Gasteiger partial charge in [0.25, 0.3) is 0 Å². The number of aromatic nitrogens is 2. The summed E-state index contributed by atoms with van der Waals surface area (Å²) in [6.07, 6.45) is 4.96. The third-order valence-corrected chi connectivity index (χ3v) is 2.37. The summed E-state index contributed by atoms with van der Waals surface area (Å²) in [6.45, 7) is 6.26. The molecule has 0 aliphatic carbocycles. The molecule has 6 nitrogen and oxygen atoms in total. The summed E-state index contributed by atoms with van der Waals surface area (Å²) in [6, 6.07) is 0. The molecular weight excluding hydrogens is 234 g/mol. The molecule has 104 valence electrons. The van der Waals surface area contributed by atoms with Crippen molar-refractivity contribution in [2.24, 2.45) is 0 Å². The maximum absolute atomic E-state index is 9.62. The average Bonchev–Trinajstić information content (AvgIpc) is 2.87. The van der Waals surface area contributed by atoms with Gasteiger partial charge < -0.3 is 24.5 Å². The molecule has 0 saturated heterocycles. The molecule has 0 aromatic carbocycles. The van der Waals surface area contributed by atoms with Gasteiger partial charge in [0.05, 0.1) is 32.3 Å². The van der Waals surface area contributed by atoms with Gasteiger partial charge in [0.1, 0.15) is 0 Å². The van der Waals surface area contributed by atoms with Crippen molar-refractivity contribution in [1.82, 2.24) is 14.9 Å². The minimum atomic E-state index is -0.477. The van der Waals surface area contributed by atoms with E-state index in [1.807, 2.05) is 17.7 Å². The Hall–Kier alpha value is -0.950. The predicted octanol–water partition coefficient (Wildman–Crippen LogP) is -0.113. The molecule has 0 radical (unpaired) electrons. The summed E-state index contributed by atoms with van der Waals surface area (Å²) in [7, 11) is 0. The van der Waals surface area contributed by atoms with Crippen molar-refractivity contribution < 1.29 is 14.6 Å². The van der Waals surface area contributed by atoms with E-state index in [1.54, 1.807) is 12.5 Å². The van der Waals surface area contributed by atoms with Crippen LogP contribution in [0.3, 0.4) is 0 Å². The van der Waals surface area contributed by atoms with Crippen molar-refractivity contribution in [3.63, 3.8) is 0 Å². The van der Waals surface area contributed by atoms with Crippen molar-refractivity contribution in [3.05, 3.63) is 18.7 Å². The maximum atomic E-state index is 9.62. The van der Waals surface area contributed by atoms with Crippen molar-refractivity contribution >= 4 is 0 Å². The van der Waals surface area contributed by atoms with E-state index in [9.17, 15) is 5.11 Å². The van der Waals surface area contributed by atoms with Gasteiger partial charge in [-0.3, -0.25) is 0 Å². The Morgan fingerprint density at radius 3 is 2.94 bits per heavy atom. The largest absolute Gasteiger partial charge is 0.389 e. The lowest BCUT2D eigenvalue weighted by molar-refractivity contribution is 0.00652. The summed E-state index contributed by atoms with van der Waals surface area (Å²) in [5.41, 5.74) is 0. The second-order valence-corrected chi connectivity index (χ2v) is 3.93. The Labute approximate surface area is 108 Å². The molecule has 1 aromatic rings. The van der Waals surface area contributed by atoms with Crippen LogP contribution in [0.1, 0.15) is 6.92 Å². The topological polar surface area (TPSA) is 68.5 Å². The molecule has 18 heavy (non-hydrogen) atoms. The van der Waals surface area contributed by atoms with E-state index in [1.165, 1.54) is 0 Å². The number of hydrogen-bond acceptors (Lipinski definition) is 5. The SMILES string of the molecule is CCOCCOCC(O)CNCCn1ccnc1. The fraction of sp³-hybridized carbons (Fsp3) is 0.750. The van der Waals surface area contributed by atoms with Gasteiger partial charge in [-0.2, -0.15) is 0 Å². The van der Waals surface area contributed by atoms with Gasteiger partial charge in [-0.25, -0.2) is 4.98 Å². The van der Waals surface area contributed by atoms with Gasteiger partial charge in [0.2, 0.25) is 0 Å². The zero-order valence-corrected chi connectivity index (χ0v) is 10.9. The highest BCUT2D eigenvalue weighted by Crippen LogP contribution is 1.87. The van der Waals surface area contributed by atoms with E-state index >= 15 is 0 Å². The monoisotopic (exact) mass is 257 g/mol. The molecule has 0 bridgehead atoms. The smallest absolute Gasteiger partial charge is 0.0946 e. The van der Waals surface area contributed by atoms with Crippen LogP contribution in [0.25, 0.3) is 0 Å². The second kappa shape index (κ2) is 10.0. The van der Waals surface area contributed by atoms with E-state index in [0.717, 1.165) is 13.1 Å². The molecule has 0 saturated carbocycles. The fourth-order valence-electron chi connectivity index (χ4n) is 1.44. The first-order valence-electron chi connectivity index (χ1n) is 6.33. The van der Waals surface area contributed by atoms with Crippen LogP contribution in [0.5, 0.6) is 0 Å². The van der Waals surface area contributed by atoms with Crippen LogP contribution >= 0.6 is 0 Å². The lowest BCUT2D eigenvalue weighted by Gasteiger charge is -2.12. The van der Waals surface area contributed by atoms with Crippen LogP contribution < -0.4 is 5.32 Å². The molecule has 6 heteroatoms. The summed E-state index contributed by atoms with van der Waals surface area (Å²) in [4.78, 5) is 3.95. The van der Waals surface area contributed by atoms with Gasteiger partial charge in [-0.05, 0) is 6.92 Å². The highest BCUT2D eigenvalue weighted by atomic mass is 16.5. The number of imidazole rings is 1. The minimum Gasteiger partial charge on any atom is -0.389 e. The number of nitrogens with one attached hydrogen (secondary N) is 1. The van der Waals surface area contributed by atoms with E-state index in [2.05, 4.69) is 10.3 Å². The molecule has 0 aliphatic heterocycles. The van der Waals surface area contributed by atoms with Crippen molar-refractivity contribution in [2.75, 3.05) is 39.5 Å². The van der Waals surface area contributed by atoms with Gasteiger partial charge in [0, 0.05) is 38.6 Å². The molecule has 1 heterocycles. The molecule has 1 atom stereocenters. The molecule has 1 rings (SSSR count). The predicted molar refractivity (Wildman–Crippen MR) is 68.4 cm³/mol. The van der Waals surface area contributed by atoms with Crippen LogP contribution in [0.2, 0.25) is 0 Å². The van der Waals surface area contributed by atoms with Crippen LogP contribution in [0, 0.1) is 0 Å². The van der Waals surface area contributed by atoms with Gasteiger partial charge >= 0.3 is 0 Å². The number of aliphatic hydroxyl groups is 1. The first kappa shape index (κ1) is 15.1. The average molecular weight is 257 g/mol. The number of hydrogen-bond donors (Lipinski definition) is 2. The fourth-order valence-corrected chi connectivity index (χ4v) is 1.44. The first-order valence-corrected chi connectivity index (χ1v) is 6.33. The lowest BCUT2D eigenvalue weighted by Crippen LogP contribution is -2.32. The van der Waals surface area contributed by atoms with Crippen LogP contribution in [0.4, 0.5) is 0 Å². The molecular formula is C12H23N3O3. The highest BCUT2D eigenvalue weighted by Gasteiger charge is 2.03. The summed E-state index contributed by atoms with van der Waals surface area (Å²) < 4.78 is 12.4. The van der Waals surface area contributed by atoms with E-state index < -0.39 is 6.10 Å². The van der Waals surface area contributed by atoms with Crippen molar-refractivity contribution in [3.8, 4) is 0 Å². The summed E-state index contributed by atoms with van der Waals surface area (Å²) >= 11 is 0. The molecule has 0 amide bonds. The van der Waals surface area contributed by atoms with Crippen LogP contribution in [-0.2, 0) is 16.0 Å². The van der Waals surface area contributed by atoms with E-state index in [0.29, 0.717) is 33.0 Å². The maximum Gasteiger partial charge on any atom is 0.0946 e. The Morgan fingerprint density at radius 1 is 1.39 bits per heavy atom. The molecule has 1 aromatic heterocycles. The lowest BCUT2D eigenvalue weighted by atomic mass is 10.4. The zero-order valence-electron chi connectivity index (χ0n) is 10.9. The molecule has 0 fully saturated rings. The molecule has 0 aliphatic rings. The van der Waals surface area contributed by atoms with E-state index in [-0.39, 0.29) is 0 Å². The van der Waals surface area contributed by atoms with Crippen LogP contribution in [0.15, 0.2) is 18.7 Å². The van der Waals surface area contributed by atoms with Crippen LogP contribution in [-0.4, -0.2) is 60.3 Å². The number of nitrogens with zero attached hydrogens (tertiary/aromatic N) is 2. The van der Waals surface area contributed by atoms with E-state index in [4.69, 9.17) is 9.47 Å².